The molecule has 0 aliphatic rings. The number of rotatable bonds is 10. The Bertz CT molecular complexity index is 679. The zero-order valence-electron chi connectivity index (χ0n) is 19.2. The molecule has 0 fully saturated rings. The van der Waals surface area contributed by atoms with Crippen LogP contribution in [0.25, 0.3) is 0 Å². The van der Waals surface area contributed by atoms with E-state index in [0.717, 1.165) is 19.3 Å². The third-order valence-corrected chi connectivity index (χ3v) is 3.81. The van der Waals surface area contributed by atoms with E-state index in [2.05, 4.69) is 38.2 Å². The quantitative estimate of drug-likeness (QED) is 0.203. The average molecular weight is 548 g/mol. The van der Waals surface area contributed by atoms with Crippen LogP contribution in [-0.4, -0.2) is 54.2 Å². The van der Waals surface area contributed by atoms with Crippen molar-refractivity contribution >= 4 is 47.6 Å². The molecule has 9 nitrogen and oxygen atoms in total. The van der Waals surface area contributed by atoms with Crippen LogP contribution >= 0.6 is 24.0 Å². The lowest BCUT2D eigenvalue weighted by Crippen LogP contribution is -2.49. The molecule has 2 amide bonds. The van der Waals surface area contributed by atoms with Crippen LogP contribution in [0.15, 0.2) is 29.5 Å². The van der Waals surface area contributed by atoms with Crippen molar-refractivity contribution in [2.75, 3.05) is 25.0 Å². The van der Waals surface area contributed by atoms with Crippen LogP contribution in [0.5, 0.6) is 0 Å². The van der Waals surface area contributed by atoms with Crippen molar-refractivity contribution in [3.63, 3.8) is 0 Å². The summed E-state index contributed by atoms with van der Waals surface area (Å²) in [7, 11) is 0. The zero-order chi connectivity index (χ0) is 22.4. The minimum Gasteiger partial charge on any atom is -0.444 e. The monoisotopic (exact) mass is 548 g/mol. The molecule has 1 atom stereocenters. The molecular weight excluding hydrogens is 511 g/mol. The molecule has 0 spiro atoms. The fourth-order valence-electron chi connectivity index (χ4n) is 2.50. The summed E-state index contributed by atoms with van der Waals surface area (Å²) >= 11 is 0. The fourth-order valence-corrected chi connectivity index (χ4v) is 2.50. The number of aliphatic imine (C=N–C) groups is 1. The van der Waals surface area contributed by atoms with Crippen LogP contribution in [0.2, 0.25) is 0 Å². The first-order valence-electron chi connectivity index (χ1n) is 10.4. The van der Waals surface area contributed by atoms with Crippen molar-refractivity contribution in [3.05, 3.63) is 24.5 Å². The Kier molecular flexibility index (Phi) is 14.6. The lowest BCUT2D eigenvalue weighted by atomic mass is 10.1. The molecule has 1 heterocycles. The van der Waals surface area contributed by atoms with Gasteiger partial charge in [0.05, 0.1) is 11.9 Å². The Morgan fingerprint density at radius 3 is 2.55 bits per heavy atom. The number of ether oxygens (including phenoxy) is 1. The Balaban J connectivity index is 0.00000900. The van der Waals surface area contributed by atoms with Crippen LogP contribution in [0.4, 0.5) is 10.5 Å². The molecule has 0 saturated carbocycles. The first-order valence-corrected chi connectivity index (χ1v) is 10.4. The van der Waals surface area contributed by atoms with Crippen molar-refractivity contribution in [2.45, 2.75) is 65.5 Å². The Morgan fingerprint density at radius 2 is 1.97 bits per heavy atom. The third-order valence-electron chi connectivity index (χ3n) is 3.81. The summed E-state index contributed by atoms with van der Waals surface area (Å²) in [5.41, 5.74) is 0.0760. The molecule has 0 aliphatic heterocycles. The number of carbonyl (C=O) groups is 2. The maximum Gasteiger partial charge on any atom is 0.407 e. The highest BCUT2D eigenvalue weighted by atomic mass is 127. The van der Waals surface area contributed by atoms with Crippen LogP contribution in [0.1, 0.15) is 53.9 Å². The smallest absolute Gasteiger partial charge is 0.407 e. The summed E-state index contributed by atoms with van der Waals surface area (Å²) in [6, 6.07) is 3.47. The molecule has 10 heteroatoms. The number of unbranched alkanes of at least 4 members (excludes halogenated alkanes) is 1. The minimum absolute atomic E-state index is 0. The van der Waals surface area contributed by atoms with Crippen LogP contribution in [0, 0.1) is 0 Å². The van der Waals surface area contributed by atoms with E-state index in [1.807, 2.05) is 27.7 Å². The molecule has 1 aromatic heterocycles. The summed E-state index contributed by atoms with van der Waals surface area (Å²) in [6.07, 6.45) is 5.64. The van der Waals surface area contributed by atoms with Gasteiger partial charge in [-0.2, -0.15) is 0 Å². The van der Waals surface area contributed by atoms with E-state index in [1.165, 1.54) is 0 Å². The molecule has 1 aromatic rings. The lowest BCUT2D eigenvalue weighted by molar-refractivity contribution is -0.114. The van der Waals surface area contributed by atoms with E-state index in [1.54, 1.807) is 24.5 Å². The van der Waals surface area contributed by atoms with Gasteiger partial charge in [0.1, 0.15) is 12.1 Å². The van der Waals surface area contributed by atoms with E-state index in [4.69, 9.17) is 4.74 Å². The van der Waals surface area contributed by atoms with E-state index >= 15 is 0 Å². The number of halogens is 1. The summed E-state index contributed by atoms with van der Waals surface area (Å²) in [5.74, 6) is 0.281. The highest BCUT2D eigenvalue weighted by Crippen LogP contribution is 2.07. The second kappa shape index (κ2) is 15.7. The predicted octanol–water partition coefficient (Wildman–Crippen LogP) is 3.28. The predicted molar refractivity (Wildman–Crippen MR) is 135 cm³/mol. The number of aromatic nitrogens is 1. The summed E-state index contributed by atoms with van der Waals surface area (Å²) in [6.45, 7) is 10.5. The zero-order valence-corrected chi connectivity index (χ0v) is 21.5. The molecule has 176 valence electrons. The summed E-state index contributed by atoms with van der Waals surface area (Å²) < 4.78 is 5.30. The number of anilines is 1. The van der Waals surface area contributed by atoms with Gasteiger partial charge in [-0.3, -0.25) is 9.78 Å². The number of hydrogen-bond donors (Lipinski definition) is 4. The van der Waals surface area contributed by atoms with Crippen molar-refractivity contribution in [2.24, 2.45) is 4.99 Å². The van der Waals surface area contributed by atoms with Gasteiger partial charge < -0.3 is 26.0 Å². The van der Waals surface area contributed by atoms with E-state index < -0.39 is 11.7 Å². The van der Waals surface area contributed by atoms with Crippen molar-refractivity contribution in [3.8, 4) is 0 Å². The topological polar surface area (TPSA) is 117 Å². The number of nitrogens with zero attached hydrogens (tertiary/aromatic N) is 2. The van der Waals surface area contributed by atoms with E-state index in [9.17, 15) is 9.59 Å². The van der Waals surface area contributed by atoms with Gasteiger partial charge >= 0.3 is 6.09 Å². The molecule has 0 bridgehead atoms. The molecule has 1 rings (SSSR count). The minimum atomic E-state index is -0.547. The molecule has 4 N–H and O–H groups in total. The van der Waals surface area contributed by atoms with E-state index in [0.29, 0.717) is 24.7 Å². The van der Waals surface area contributed by atoms with Gasteiger partial charge in [-0.1, -0.05) is 19.8 Å². The van der Waals surface area contributed by atoms with Gasteiger partial charge in [-0.05, 0) is 46.2 Å². The van der Waals surface area contributed by atoms with Crippen molar-refractivity contribution in [1.82, 2.24) is 20.9 Å². The molecule has 1 unspecified atom stereocenters. The Hall–Kier alpha value is -2.11. The van der Waals surface area contributed by atoms with Crippen molar-refractivity contribution in [1.29, 1.82) is 0 Å². The number of guanidine groups is 1. The standard InChI is InChI=1S/C21H36N6O3.HI/c1-6-8-10-17(14-25-20(29)30-21(3,4)5)27-19(23-7-2)24-15-18(28)26-16-11-9-12-22-13-16;/h9,11-13,17H,6-8,10,14-15H2,1-5H3,(H,25,29)(H,26,28)(H2,23,24,27);1H. The maximum atomic E-state index is 12.2. The van der Waals surface area contributed by atoms with Crippen LogP contribution < -0.4 is 21.3 Å². The molecule has 0 aromatic carbocycles. The lowest BCUT2D eigenvalue weighted by Gasteiger charge is -2.24. The first kappa shape index (κ1) is 28.9. The van der Waals surface area contributed by atoms with Gasteiger partial charge in [-0.25, -0.2) is 9.79 Å². The third kappa shape index (κ3) is 14.5. The normalized spacial score (nSPS) is 12.2. The number of carbonyl (C=O) groups excluding carboxylic acids is 2. The maximum absolute atomic E-state index is 12.2. The van der Waals surface area contributed by atoms with E-state index in [-0.39, 0.29) is 42.5 Å². The van der Waals surface area contributed by atoms with Gasteiger partial charge in [0.15, 0.2) is 5.96 Å². The summed E-state index contributed by atoms with van der Waals surface area (Å²) in [5, 5.41) is 12.0. The Labute approximate surface area is 202 Å². The summed E-state index contributed by atoms with van der Waals surface area (Å²) in [4.78, 5) is 32.5. The van der Waals surface area contributed by atoms with Crippen LogP contribution in [-0.2, 0) is 9.53 Å². The second-order valence-electron chi connectivity index (χ2n) is 7.85. The molecular formula is C21H37IN6O3. The second-order valence-corrected chi connectivity index (χ2v) is 7.85. The van der Waals surface area contributed by atoms with Crippen molar-refractivity contribution < 1.29 is 14.3 Å². The Morgan fingerprint density at radius 1 is 1.23 bits per heavy atom. The average Bonchev–Trinajstić information content (AvgIpc) is 2.67. The highest BCUT2D eigenvalue weighted by Gasteiger charge is 2.18. The SMILES string of the molecule is CCCCC(CNC(=O)OC(C)(C)C)NC(=NCC(=O)Nc1cccnc1)NCC.I. The largest absolute Gasteiger partial charge is 0.444 e. The molecule has 31 heavy (non-hydrogen) atoms. The number of amides is 2. The van der Waals surface area contributed by atoms with Gasteiger partial charge in [0.25, 0.3) is 0 Å². The van der Waals surface area contributed by atoms with Gasteiger partial charge in [0.2, 0.25) is 5.91 Å². The number of pyridine rings is 1. The molecule has 0 saturated heterocycles. The first-order chi connectivity index (χ1) is 14.2. The number of nitrogens with one attached hydrogen (secondary N) is 4. The van der Waals surface area contributed by atoms with Crippen LogP contribution in [0.3, 0.4) is 0 Å². The molecule has 0 aliphatic carbocycles. The number of alkyl carbamates (subject to hydrolysis) is 1. The van der Waals surface area contributed by atoms with Gasteiger partial charge in [0, 0.05) is 25.3 Å². The highest BCUT2D eigenvalue weighted by molar-refractivity contribution is 14.0. The number of hydrogen-bond acceptors (Lipinski definition) is 5. The fraction of sp³-hybridized carbons (Fsp3) is 0.619. The van der Waals surface area contributed by atoms with Gasteiger partial charge in [-0.15, -0.1) is 24.0 Å². The molecule has 0 radical (unpaired) electrons.